The van der Waals surface area contributed by atoms with Gasteiger partial charge in [-0.2, -0.15) is 0 Å². The number of hydrogen-bond donors (Lipinski definition) is 2. The van der Waals surface area contributed by atoms with Crippen LogP contribution in [0.4, 0.5) is 5.69 Å². The molecule has 1 heterocycles. The number of nitrogens with zero attached hydrogens (tertiary/aromatic N) is 1. The number of rotatable bonds is 5. The molecule has 0 saturated heterocycles. The number of nitrogens with one attached hydrogen (secondary N) is 2. The third kappa shape index (κ3) is 4.47. The van der Waals surface area contributed by atoms with Crippen LogP contribution >= 0.6 is 0 Å². The Morgan fingerprint density at radius 1 is 1.10 bits per heavy atom. The number of carbonyl (C=O) groups excluding carboxylic acids is 2. The molecule has 6 nitrogen and oxygen atoms in total. The van der Waals surface area contributed by atoms with Crippen LogP contribution in [0.2, 0.25) is 0 Å². The van der Waals surface area contributed by atoms with Gasteiger partial charge in [-0.15, -0.1) is 0 Å². The molecule has 0 atom stereocenters. The normalized spacial score (nSPS) is 14.0. The number of anilines is 1. The SMILES string of the molecule is CC(C)(C)c1ccc(C(=O)NCC(=O)Nc2ccc3oc(C4CC4)nc3c2)cc1. The van der Waals surface area contributed by atoms with E-state index in [2.05, 4.69) is 36.4 Å². The minimum Gasteiger partial charge on any atom is -0.440 e. The molecule has 0 spiro atoms. The maximum absolute atomic E-state index is 12.3. The summed E-state index contributed by atoms with van der Waals surface area (Å²) in [7, 11) is 0. The highest BCUT2D eigenvalue weighted by Crippen LogP contribution is 2.40. The fraction of sp³-hybridized carbons (Fsp3) is 0.348. The maximum Gasteiger partial charge on any atom is 0.251 e. The molecule has 1 fully saturated rings. The Morgan fingerprint density at radius 3 is 2.48 bits per heavy atom. The highest BCUT2D eigenvalue weighted by Gasteiger charge is 2.28. The van der Waals surface area contributed by atoms with Crippen molar-refractivity contribution in [1.82, 2.24) is 10.3 Å². The van der Waals surface area contributed by atoms with Crippen molar-refractivity contribution >= 4 is 28.6 Å². The Morgan fingerprint density at radius 2 is 1.83 bits per heavy atom. The number of benzene rings is 2. The Balaban J connectivity index is 1.33. The summed E-state index contributed by atoms with van der Waals surface area (Å²) < 4.78 is 5.73. The Hall–Kier alpha value is -3.15. The van der Waals surface area contributed by atoms with Crippen LogP contribution in [0.15, 0.2) is 46.9 Å². The quantitative estimate of drug-likeness (QED) is 0.676. The molecule has 0 radical (unpaired) electrons. The largest absolute Gasteiger partial charge is 0.440 e. The molecule has 2 aromatic carbocycles. The van der Waals surface area contributed by atoms with Crippen LogP contribution in [0, 0.1) is 0 Å². The molecule has 1 saturated carbocycles. The summed E-state index contributed by atoms with van der Waals surface area (Å²) in [5.74, 6) is 0.637. The van der Waals surface area contributed by atoms with Crippen LogP contribution in [0.25, 0.3) is 11.1 Å². The summed E-state index contributed by atoms with van der Waals surface area (Å²) in [6.45, 7) is 6.25. The van der Waals surface area contributed by atoms with E-state index in [0.717, 1.165) is 35.4 Å². The highest BCUT2D eigenvalue weighted by molar-refractivity contribution is 5.99. The van der Waals surface area contributed by atoms with Crippen molar-refractivity contribution in [2.24, 2.45) is 0 Å². The minimum atomic E-state index is -0.296. The monoisotopic (exact) mass is 391 g/mol. The van der Waals surface area contributed by atoms with E-state index in [0.29, 0.717) is 17.2 Å². The van der Waals surface area contributed by atoms with Gasteiger partial charge >= 0.3 is 0 Å². The van der Waals surface area contributed by atoms with Crippen molar-refractivity contribution in [3.8, 4) is 0 Å². The van der Waals surface area contributed by atoms with Gasteiger partial charge in [0.2, 0.25) is 5.91 Å². The van der Waals surface area contributed by atoms with Crippen LogP contribution in [-0.2, 0) is 10.2 Å². The van der Waals surface area contributed by atoms with Crippen molar-refractivity contribution in [3.63, 3.8) is 0 Å². The second-order valence-electron chi connectivity index (χ2n) is 8.57. The average Bonchev–Trinajstić information content (AvgIpc) is 3.45. The van der Waals surface area contributed by atoms with Crippen molar-refractivity contribution in [3.05, 3.63) is 59.5 Å². The molecule has 0 unspecified atom stereocenters. The lowest BCUT2D eigenvalue weighted by Crippen LogP contribution is -2.32. The third-order valence-electron chi connectivity index (χ3n) is 5.04. The van der Waals surface area contributed by atoms with E-state index in [9.17, 15) is 9.59 Å². The van der Waals surface area contributed by atoms with Gasteiger partial charge in [0.1, 0.15) is 5.52 Å². The van der Waals surface area contributed by atoms with E-state index in [1.165, 1.54) is 0 Å². The molecule has 0 aliphatic heterocycles. The summed E-state index contributed by atoms with van der Waals surface area (Å²) in [6, 6.07) is 12.8. The first-order valence-corrected chi connectivity index (χ1v) is 9.89. The highest BCUT2D eigenvalue weighted by atomic mass is 16.3. The summed E-state index contributed by atoms with van der Waals surface area (Å²) in [6.07, 6.45) is 2.24. The van der Waals surface area contributed by atoms with Crippen LogP contribution < -0.4 is 10.6 Å². The van der Waals surface area contributed by atoms with Gasteiger partial charge in [-0.1, -0.05) is 32.9 Å². The van der Waals surface area contributed by atoms with Gasteiger partial charge in [0, 0.05) is 17.2 Å². The second kappa shape index (κ2) is 7.35. The van der Waals surface area contributed by atoms with E-state index in [1.807, 2.05) is 12.1 Å². The Labute approximate surface area is 169 Å². The molecule has 6 heteroatoms. The summed E-state index contributed by atoms with van der Waals surface area (Å²) in [5, 5.41) is 5.45. The van der Waals surface area contributed by atoms with Gasteiger partial charge in [0.05, 0.1) is 6.54 Å². The van der Waals surface area contributed by atoms with Crippen molar-refractivity contribution in [2.45, 2.75) is 44.9 Å². The molecule has 0 bridgehead atoms. The van der Waals surface area contributed by atoms with Crippen molar-refractivity contribution in [2.75, 3.05) is 11.9 Å². The fourth-order valence-electron chi connectivity index (χ4n) is 3.12. The number of oxazole rings is 1. The molecule has 1 aliphatic rings. The van der Waals surface area contributed by atoms with Gasteiger partial charge in [0.15, 0.2) is 11.5 Å². The molecule has 2 amide bonds. The molecule has 29 heavy (non-hydrogen) atoms. The Bertz CT molecular complexity index is 1060. The van der Waals surface area contributed by atoms with E-state index in [1.54, 1.807) is 30.3 Å². The predicted octanol–water partition coefficient (Wildman–Crippen LogP) is 4.37. The molecule has 3 aromatic rings. The summed E-state index contributed by atoms with van der Waals surface area (Å²) in [4.78, 5) is 29.0. The summed E-state index contributed by atoms with van der Waals surface area (Å²) in [5.41, 5.74) is 3.79. The van der Waals surface area contributed by atoms with E-state index in [-0.39, 0.29) is 23.8 Å². The zero-order chi connectivity index (χ0) is 20.6. The molecular formula is C23H25N3O3. The first-order chi connectivity index (χ1) is 13.8. The number of amides is 2. The van der Waals surface area contributed by atoms with Gasteiger partial charge in [-0.05, 0) is 54.2 Å². The second-order valence-corrected chi connectivity index (χ2v) is 8.57. The van der Waals surface area contributed by atoms with Gasteiger partial charge in [-0.3, -0.25) is 9.59 Å². The first-order valence-electron chi connectivity index (χ1n) is 9.89. The van der Waals surface area contributed by atoms with Crippen LogP contribution in [0.1, 0.15) is 61.3 Å². The Kier molecular flexibility index (Phi) is 4.86. The maximum atomic E-state index is 12.3. The predicted molar refractivity (Wildman–Crippen MR) is 112 cm³/mol. The zero-order valence-electron chi connectivity index (χ0n) is 16.9. The standard InChI is InChI=1S/C23H25N3O3/c1-23(2,3)16-8-6-14(7-9-16)21(28)24-13-20(27)25-17-10-11-19-18(12-17)26-22(29-19)15-4-5-15/h6-12,15H,4-5,13H2,1-3H3,(H,24,28)(H,25,27). The number of carbonyl (C=O) groups is 2. The first kappa shape index (κ1) is 19.2. The van der Waals surface area contributed by atoms with E-state index < -0.39 is 0 Å². The van der Waals surface area contributed by atoms with Crippen LogP contribution in [0.3, 0.4) is 0 Å². The zero-order valence-corrected chi connectivity index (χ0v) is 16.9. The van der Waals surface area contributed by atoms with Crippen molar-refractivity contribution in [1.29, 1.82) is 0 Å². The molecule has 2 N–H and O–H groups in total. The molecule has 1 aliphatic carbocycles. The molecule has 150 valence electrons. The topological polar surface area (TPSA) is 84.2 Å². The van der Waals surface area contributed by atoms with Gasteiger partial charge < -0.3 is 15.1 Å². The van der Waals surface area contributed by atoms with Gasteiger partial charge in [0.25, 0.3) is 5.91 Å². The lowest BCUT2D eigenvalue weighted by Gasteiger charge is -2.19. The summed E-state index contributed by atoms with van der Waals surface area (Å²) >= 11 is 0. The van der Waals surface area contributed by atoms with Crippen LogP contribution in [0.5, 0.6) is 0 Å². The van der Waals surface area contributed by atoms with Gasteiger partial charge in [-0.25, -0.2) is 4.98 Å². The number of hydrogen-bond acceptors (Lipinski definition) is 4. The molecular weight excluding hydrogens is 366 g/mol. The average molecular weight is 391 g/mol. The molecule has 1 aromatic heterocycles. The molecule has 4 rings (SSSR count). The van der Waals surface area contributed by atoms with Crippen LogP contribution in [-0.4, -0.2) is 23.3 Å². The fourth-order valence-corrected chi connectivity index (χ4v) is 3.12. The van der Waals surface area contributed by atoms with Crippen molar-refractivity contribution < 1.29 is 14.0 Å². The lowest BCUT2D eigenvalue weighted by molar-refractivity contribution is -0.115. The number of aromatic nitrogens is 1. The van der Waals surface area contributed by atoms with E-state index >= 15 is 0 Å². The number of fused-ring (bicyclic) bond motifs is 1. The smallest absolute Gasteiger partial charge is 0.251 e. The minimum absolute atomic E-state index is 0.0270. The van der Waals surface area contributed by atoms with E-state index in [4.69, 9.17) is 4.42 Å². The third-order valence-corrected chi connectivity index (χ3v) is 5.04. The lowest BCUT2D eigenvalue weighted by atomic mass is 9.87.